The molecule has 0 aliphatic carbocycles. The molecule has 3 heteroatoms. The van der Waals surface area contributed by atoms with Crippen LogP contribution in [0.5, 0.6) is 0 Å². The fourth-order valence-electron chi connectivity index (χ4n) is 1.40. The fraction of sp³-hybridized carbons (Fsp3) is 0.200. The number of aryl methyl sites for hydroxylation is 2. The van der Waals surface area contributed by atoms with Crippen molar-refractivity contribution in [2.75, 3.05) is 0 Å². The van der Waals surface area contributed by atoms with Gasteiger partial charge >= 0.3 is 0 Å². The van der Waals surface area contributed by atoms with Crippen molar-refractivity contribution in [1.29, 1.82) is 0 Å². The van der Waals surface area contributed by atoms with Crippen LogP contribution in [-0.4, -0.2) is 15.8 Å². The molecule has 0 saturated carbocycles. The van der Waals surface area contributed by atoms with Gasteiger partial charge < -0.3 is 4.57 Å². The first-order valence-electron chi connectivity index (χ1n) is 4.10. The molecule has 0 unspecified atom stereocenters. The monoisotopic (exact) mass is 174 g/mol. The smallest absolute Gasteiger partial charge is 0.150 e. The first-order valence-corrected chi connectivity index (χ1v) is 4.10. The van der Waals surface area contributed by atoms with E-state index in [0.29, 0.717) is 5.56 Å². The molecule has 0 aliphatic heterocycles. The SMILES string of the molecule is Cc1nc2ccc(C=O)cc2n1C. The number of aromatic nitrogens is 2. The second kappa shape index (κ2) is 2.69. The van der Waals surface area contributed by atoms with Gasteiger partial charge in [-0.2, -0.15) is 0 Å². The molecule has 0 spiro atoms. The van der Waals surface area contributed by atoms with Crippen LogP contribution in [0.1, 0.15) is 16.2 Å². The van der Waals surface area contributed by atoms with E-state index in [0.717, 1.165) is 23.1 Å². The van der Waals surface area contributed by atoms with Crippen molar-refractivity contribution in [2.45, 2.75) is 6.92 Å². The maximum absolute atomic E-state index is 10.5. The lowest BCUT2D eigenvalue weighted by molar-refractivity contribution is 0.112. The summed E-state index contributed by atoms with van der Waals surface area (Å²) in [6.45, 7) is 1.95. The summed E-state index contributed by atoms with van der Waals surface area (Å²) in [7, 11) is 1.94. The summed E-state index contributed by atoms with van der Waals surface area (Å²) in [4.78, 5) is 14.9. The molecule has 3 nitrogen and oxygen atoms in total. The van der Waals surface area contributed by atoms with E-state index in [1.807, 2.05) is 30.7 Å². The van der Waals surface area contributed by atoms with Crippen LogP contribution in [-0.2, 0) is 7.05 Å². The highest BCUT2D eigenvalue weighted by Crippen LogP contribution is 2.15. The Bertz CT molecular complexity index is 471. The minimum atomic E-state index is 0.690. The molecule has 0 radical (unpaired) electrons. The Balaban J connectivity index is 2.81. The summed E-state index contributed by atoms with van der Waals surface area (Å²) in [6, 6.07) is 5.50. The molecule has 2 rings (SSSR count). The summed E-state index contributed by atoms with van der Waals surface area (Å²) < 4.78 is 1.97. The Kier molecular flexibility index (Phi) is 1.65. The van der Waals surface area contributed by atoms with Gasteiger partial charge in [-0.1, -0.05) is 0 Å². The van der Waals surface area contributed by atoms with Crippen molar-refractivity contribution < 1.29 is 4.79 Å². The summed E-state index contributed by atoms with van der Waals surface area (Å²) in [5.41, 5.74) is 2.63. The zero-order chi connectivity index (χ0) is 9.42. The van der Waals surface area contributed by atoms with E-state index in [9.17, 15) is 4.79 Å². The van der Waals surface area contributed by atoms with Crippen molar-refractivity contribution in [1.82, 2.24) is 9.55 Å². The number of hydrogen-bond donors (Lipinski definition) is 0. The second-order valence-electron chi connectivity index (χ2n) is 3.08. The number of carbonyl (C=O) groups is 1. The maximum Gasteiger partial charge on any atom is 0.150 e. The van der Waals surface area contributed by atoms with Crippen molar-refractivity contribution >= 4 is 17.3 Å². The Labute approximate surface area is 76.0 Å². The van der Waals surface area contributed by atoms with Gasteiger partial charge in [-0.3, -0.25) is 4.79 Å². The Morgan fingerprint density at radius 2 is 2.23 bits per heavy atom. The summed E-state index contributed by atoms with van der Waals surface area (Å²) in [6.07, 6.45) is 0.849. The third-order valence-corrected chi connectivity index (χ3v) is 2.26. The quantitative estimate of drug-likeness (QED) is 0.617. The van der Waals surface area contributed by atoms with Crippen LogP contribution in [0.4, 0.5) is 0 Å². The van der Waals surface area contributed by atoms with Crippen molar-refractivity contribution in [3.8, 4) is 0 Å². The number of fused-ring (bicyclic) bond motifs is 1. The Hall–Kier alpha value is -1.64. The van der Waals surface area contributed by atoms with Gasteiger partial charge in [0.05, 0.1) is 11.0 Å². The molecule has 66 valence electrons. The van der Waals surface area contributed by atoms with E-state index in [-0.39, 0.29) is 0 Å². The second-order valence-corrected chi connectivity index (χ2v) is 3.08. The zero-order valence-electron chi connectivity index (χ0n) is 7.61. The summed E-state index contributed by atoms with van der Waals surface area (Å²) >= 11 is 0. The van der Waals surface area contributed by atoms with Crippen molar-refractivity contribution in [2.24, 2.45) is 7.05 Å². The number of carbonyl (C=O) groups excluding carboxylic acids is 1. The molecule has 13 heavy (non-hydrogen) atoms. The van der Waals surface area contributed by atoms with E-state index in [1.165, 1.54) is 0 Å². The van der Waals surface area contributed by atoms with Crippen LogP contribution in [0.15, 0.2) is 18.2 Å². The topological polar surface area (TPSA) is 34.9 Å². The van der Waals surface area contributed by atoms with E-state index in [4.69, 9.17) is 0 Å². The number of imidazole rings is 1. The highest BCUT2D eigenvalue weighted by atomic mass is 16.1. The molecule has 0 atom stereocenters. The van der Waals surface area contributed by atoms with E-state index in [1.54, 1.807) is 6.07 Å². The van der Waals surface area contributed by atoms with Gasteiger partial charge in [-0.25, -0.2) is 4.98 Å². The molecule has 1 heterocycles. The molecule has 1 aromatic heterocycles. The molecule has 0 N–H and O–H groups in total. The molecule has 0 saturated heterocycles. The van der Waals surface area contributed by atoms with Gasteiger partial charge in [0.25, 0.3) is 0 Å². The van der Waals surface area contributed by atoms with Crippen LogP contribution in [0.3, 0.4) is 0 Å². The van der Waals surface area contributed by atoms with E-state index >= 15 is 0 Å². The van der Waals surface area contributed by atoms with Gasteiger partial charge in [-0.15, -0.1) is 0 Å². The predicted molar refractivity (Wildman–Crippen MR) is 50.8 cm³/mol. The number of benzene rings is 1. The maximum atomic E-state index is 10.5. The molecule has 0 bridgehead atoms. The first kappa shape index (κ1) is 7.98. The lowest BCUT2D eigenvalue weighted by atomic mass is 10.2. The number of rotatable bonds is 1. The van der Waals surface area contributed by atoms with Gasteiger partial charge in [0.15, 0.2) is 0 Å². The average molecular weight is 174 g/mol. The van der Waals surface area contributed by atoms with Crippen LogP contribution in [0.25, 0.3) is 11.0 Å². The van der Waals surface area contributed by atoms with Crippen molar-refractivity contribution in [3.05, 3.63) is 29.6 Å². The molecule has 0 aliphatic rings. The van der Waals surface area contributed by atoms with Gasteiger partial charge in [0.1, 0.15) is 12.1 Å². The van der Waals surface area contributed by atoms with Crippen molar-refractivity contribution in [3.63, 3.8) is 0 Å². The minimum Gasteiger partial charge on any atom is -0.331 e. The molecule has 0 amide bonds. The Morgan fingerprint density at radius 1 is 1.46 bits per heavy atom. The fourth-order valence-corrected chi connectivity index (χ4v) is 1.40. The standard InChI is InChI=1S/C10H10N2O/c1-7-11-9-4-3-8(6-13)5-10(9)12(7)2/h3-6H,1-2H3. The third-order valence-electron chi connectivity index (χ3n) is 2.26. The minimum absolute atomic E-state index is 0.690. The number of hydrogen-bond acceptors (Lipinski definition) is 2. The average Bonchev–Trinajstić information content (AvgIpc) is 2.43. The highest BCUT2D eigenvalue weighted by molar-refractivity contribution is 5.85. The van der Waals surface area contributed by atoms with E-state index < -0.39 is 0 Å². The first-order chi connectivity index (χ1) is 6.22. The molecular formula is C10H10N2O. The predicted octanol–water partition coefficient (Wildman–Crippen LogP) is 1.69. The van der Waals surface area contributed by atoms with Crippen LogP contribution < -0.4 is 0 Å². The largest absolute Gasteiger partial charge is 0.331 e. The molecule has 2 aromatic rings. The van der Waals surface area contributed by atoms with Crippen LogP contribution in [0, 0.1) is 6.92 Å². The molecular weight excluding hydrogens is 164 g/mol. The van der Waals surface area contributed by atoms with Gasteiger partial charge in [0, 0.05) is 12.6 Å². The third kappa shape index (κ3) is 1.13. The number of aldehydes is 1. The van der Waals surface area contributed by atoms with Gasteiger partial charge in [0.2, 0.25) is 0 Å². The van der Waals surface area contributed by atoms with Gasteiger partial charge in [-0.05, 0) is 25.1 Å². The molecule has 0 fully saturated rings. The lowest BCUT2D eigenvalue weighted by Crippen LogP contribution is -1.90. The zero-order valence-corrected chi connectivity index (χ0v) is 7.61. The molecule has 1 aromatic carbocycles. The summed E-state index contributed by atoms with van der Waals surface area (Å²) in [5, 5.41) is 0. The summed E-state index contributed by atoms with van der Waals surface area (Å²) in [5.74, 6) is 0.957. The Morgan fingerprint density at radius 3 is 2.92 bits per heavy atom. The van der Waals surface area contributed by atoms with Crippen LogP contribution >= 0.6 is 0 Å². The lowest BCUT2D eigenvalue weighted by Gasteiger charge is -1.96. The highest BCUT2D eigenvalue weighted by Gasteiger charge is 2.03. The van der Waals surface area contributed by atoms with E-state index in [2.05, 4.69) is 4.98 Å². The number of nitrogens with zero attached hydrogens (tertiary/aromatic N) is 2. The normalized spacial score (nSPS) is 10.6. The van der Waals surface area contributed by atoms with Crippen LogP contribution in [0.2, 0.25) is 0 Å².